The number of fused-ring (bicyclic) bond motifs is 3. The standard InChI is InChI=1S/C38H44F6N6O9S/c1-34(12-13-34)60(55,56)49-32(53)36-18-21(36)8-6-4-3-5-7-9-25(47-33(54)58-20-35(14-15-35)38(42,43)44)31(52)50-19-23(17-27(50)29(51)48-36)59-30-28(37(39,40)41)45-26-16-22(57-2)10-11-24(26)46-30/h6,8,10-11,16,21,23,25,27H,3-5,7,9,12-15,17-20H2,1-2H3,(H,47,54)(H,48,51)(H,49,53)/b8-6+/t21-,23-,25+,27+,36-/m1/s1. The molecule has 1 aromatic carbocycles. The Morgan fingerprint density at radius 2 is 1.75 bits per heavy atom. The fourth-order valence-corrected chi connectivity index (χ4v) is 8.88. The number of alkyl carbamates (subject to hydrolysis) is 1. The summed E-state index contributed by atoms with van der Waals surface area (Å²) in [7, 11) is -2.84. The Morgan fingerprint density at radius 1 is 1.02 bits per heavy atom. The maximum Gasteiger partial charge on any atom is 0.438 e. The van der Waals surface area contributed by atoms with Crippen LogP contribution in [0.15, 0.2) is 30.4 Å². The van der Waals surface area contributed by atoms with Gasteiger partial charge >= 0.3 is 18.4 Å². The van der Waals surface area contributed by atoms with Gasteiger partial charge in [-0.15, -0.1) is 0 Å². The van der Waals surface area contributed by atoms with Gasteiger partial charge in [0.2, 0.25) is 33.4 Å². The highest BCUT2D eigenvalue weighted by molar-refractivity contribution is 7.91. The van der Waals surface area contributed by atoms with E-state index in [2.05, 4.69) is 25.3 Å². The van der Waals surface area contributed by atoms with Gasteiger partial charge in [0, 0.05) is 18.4 Å². The van der Waals surface area contributed by atoms with Gasteiger partial charge in [-0.05, 0) is 70.4 Å². The molecule has 5 atom stereocenters. The van der Waals surface area contributed by atoms with E-state index in [1.165, 1.54) is 32.2 Å². The zero-order chi connectivity index (χ0) is 43.5. The normalized spacial score (nSPS) is 28.2. The predicted octanol–water partition coefficient (Wildman–Crippen LogP) is 4.84. The minimum absolute atomic E-state index is 0.00228. The number of nitrogens with zero attached hydrogens (tertiary/aromatic N) is 3. The Hall–Kier alpha value is -4.89. The van der Waals surface area contributed by atoms with Gasteiger partial charge in [0.25, 0.3) is 5.91 Å². The number of allylic oxidation sites excluding steroid dienone is 1. The van der Waals surface area contributed by atoms with E-state index in [-0.39, 0.29) is 42.5 Å². The zero-order valence-corrected chi connectivity index (χ0v) is 33.4. The van der Waals surface area contributed by atoms with Crippen molar-refractivity contribution in [2.45, 2.75) is 118 Å². The van der Waals surface area contributed by atoms with Gasteiger partial charge in [0.1, 0.15) is 41.5 Å². The number of carbonyl (C=O) groups excluding carboxylic acids is 4. The summed E-state index contributed by atoms with van der Waals surface area (Å²) in [6.45, 7) is -0.0545. The second-order valence-corrected chi connectivity index (χ2v) is 18.7. The highest BCUT2D eigenvalue weighted by Gasteiger charge is 2.65. The van der Waals surface area contributed by atoms with Gasteiger partial charge in [0.05, 0.1) is 29.4 Å². The number of hydrogen-bond acceptors (Lipinski definition) is 11. The number of carbonyl (C=O) groups is 4. The van der Waals surface area contributed by atoms with Crippen LogP contribution < -0.4 is 24.8 Å². The van der Waals surface area contributed by atoms with Gasteiger partial charge in [-0.2, -0.15) is 26.3 Å². The van der Waals surface area contributed by atoms with Crippen LogP contribution in [-0.4, -0.2) is 102 Å². The van der Waals surface area contributed by atoms with Crippen molar-refractivity contribution in [1.29, 1.82) is 0 Å². The molecule has 0 unspecified atom stereocenters. The Morgan fingerprint density at radius 3 is 2.40 bits per heavy atom. The quantitative estimate of drug-likeness (QED) is 0.231. The molecule has 0 spiro atoms. The lowest BCUT2D eigenvalue weighted by atomic mass is 10.0. The van der Waals surface area contributed by atoms with Gasteiger partial charge in [-0.3, -0.25) is 19.1 Å². The van der Waals surface area contributed by atoms with Crippen LogP contribution in [0.1, 0.15) is 83.2 Å². The second-order valence-electron chi connectivity index (χ2n) is 16.5. The Bertz CT molecular complexity index is 2200. The molecule has 328 valence electrons. The van der Waals surface area contributed by atoms with Crippen LogP contribution in [0.3, 0.4) is 0 Å². The molecule has 1 saturated heterocycles. The number of aromatic nitrogens is 2. The third kappa shape index (κ3) is 8.65. The molecule has 3 saturated carbocycles. The van der Waals surface area contributed by atoms with Gasteiger partial charge < -0.3 is 29.7 Å². The molecule has 4 fully saturated rings. The largest absolute Gasteiger partial charge is 0.497 e. The van der Waals surface area contributed by atoms with Crippen molar-refractivity contribution < 1.29 is 68.1 Å². The van der Waals surface area contributed by atoms with E-state index in [9.17, 15) is 53.9 Å². The summed E-state index contributed by atoms with van der Waals surface area (Å²) in [6.07, 6.45) is -7.40. The van der Waals surface area contributed by atoms with Crippen molar-refractivity contribution in [2.75, 3.05) is 20.3 Å². The third-order valence-electron chi connectivity index (χ3n) is 12.1. The maximum absolute atomic E-state index is 14.4. The average Bonchev–Trinajstić information content (AvgIpc) is 4.12. The van der Waals surface area contributed by atoms with E-state index in [1.54, 1.807) is 12.2 Å². The summed E-state index contributed by atoms with van der Waals surface area (Å²) in [6, 6.07) is 1.01. The predicted molar refractivity (Wildman–Crippen MR) is 198 cm³/mol. The lowest BCUT2D eigenvalue weighted by molar-refractivity contribution is -0.196. The van der Waals surface area contributed by atoms with E-state index in [4.69, 9.17) is 14.2 Å². The van der Waals surface area contributed by atoms with Crippen molar-refractivity contribution in [1.82, 2.24) is 30.2 Å². The first-order valence-electron chi connectivity index (χ1n) is 19.6. The summed E-state index contributed by atoms with van der Waals surface area (Å²) in [5.74, 6) is -4.30. The van der Waals surface area contributed by atoms with Crippen LogP contribution in [0.5, 0.6) is 11.6 Å². The monoisotopic (exact) mass is 874 g/mol. The topological polar surface area (TPSA) is 195 Å². The summed E-state index contributed by atoms with van der Waals surface area (Å²) in [5.41, 5.74) is -5.64. The Labute approximate surface area is 340 Å². The number of alkyl halides is 6. The lowest BCUT2D eigenvalue weighted by Gasteiger charge is -2.30. The molecular weight excluding hydrogens is 831 g/mol. The first kappa shape index (κ1) is 43.2. The van der Waals surface area contributed by atoms with Gasteiger partial charge in [0.15, 0.2) is 0 Å². The van der Waals surface area contributed by atoms with E-state index in [0.29, 0.717) is 38.5 Å². The van der Waals surface area contributed by atoms with E-state index < -0.39 is 117 Å². The highest BCUT2D eigenvalue weighted by atomic mass is 32.2. The summed E-state index contributed by atoms with van der Waals surface area (Å²) >= 11 is 0. The van der Waals surface area contributed by atoms with E-state index in [1.807, 2.05) is 0 Å². The average molecular weight is 875 g/mol. The van der Waals surface area contributed by atoms with Crippen LogP contribution in [-0.2, 0) is 35.3 Å². The molecular formula is C38H44F6N6O9S. The Kier molecular flexibility index (Phi) is 11.2. The number of amides is 4. The number of methoxy groups -OCH3 is 1. The molecule has 1 aromatic heterocycles. The third-order valence-corrected chi connectivity index (χ3v) is 14.2. The number of rotatable bonds is 9. The van der Waals surface area contributed by atoms with Crippen molar-refractivity contribution in [3.63, 3.8) is 0 Å². The zero-order valence-electron chi connectivity index (χ0n) is 32.6. The molecule has 15 nitrogen and oxygen atoms in total. The fourth-order valence-electron chi connectivity index (χ4n) is 7.56. The SMILES string of the molecule is COc1ccc2nc(O[C@@H]3C[C@H]4C(=O)N[C@]5(C(=O)NS(=O)(=O)C6(C)CC6)C[C@H]5/C=C/CCCCC[C@H](NC(=O)OCC5(C(F)(F)F)CC5)C(=O)N4C3)c(C(F)(F)F)nc2c1. The molecule has 60 heavy (non-hydrogen) atoms. The maximum atomic E-state index is 14.4. The van der Waals surface area contributed by atoms with Crippen LogP contribution in [0.4, 0.5) is 31.1 Å². The molecule has 2 aliphatic heterocycles. The molecule has 3 heterocycles. The number of benzene rings is 1. The van der Waals surface area contributed by atoms with E-state index in [0.717, 1.165) is 4.90 Å². The lowest BCUT2D eigenvalue weighted by Crippen LogP contribution is -2.58. The molecule has 2 aromatic rings. The second kappa shape index (κ2) is 15.5. The van der Waals surface area contributed by atoms with Crippen LogP contribution in [0, 0.1) is 11.3 Å². The minimum Gasteiger partial charge on any atom is -0.497 e. The number of hydrogen-bond donors (Lipinski definition) is 3. The molecule has 0 radical (unpaired) electrons. The molecule has 0 bridgehead atoms. The molecule has 7 rings (SSSR count). The van der Waals surface area contributed by atoms with Crippen LogP contribution >= 0.6 is 0 Å². The van der Waals surface area contributed by atoms with Crippen molar-refractivity contribution >= 4 is 44.9 Å². The summed E-state index contributed by atoms with van der Waals surface area (Å²) < 4.78 is 127. The fraction of sp³-hybridized carbons (Fsp3) is 0.632. The molecule has 3 aliphatic carbocycles. The number of halogens is 6. The van der Waals surface area contributed by atoms with E-state index >= 15 is 0 Å². The smallest absolute Gasteiger partial charge is 0.438 e. The van der Waals surface area contributed by atoms with Crippen molar-refractivity contribution in [3.8, 4) is 11.6 Å². The Balaban J connectivity index is 1.19. The first-order chi connectivity index (χ1) is 28.1. The van der Waals surface area contributed by atoms with Gasteiger partial charge in [-0.1, -0.05) is 25.0 Å². The van der Waals surface area contributed by atoms with Crippen LogP contribution in [0.25, 0.3) is 11.0 Å². The van der Waals surface area contributed by atoms with Crippen molar-refractivity contribution in [2.24, 2.45) is 11.3 Å². The molecule has 5 aliphatic rings. The molecule has 4 amide bonds. The first-order valence-corrected chi connectivity index (χ1v) is 21.0. The number of sulfonamides is 1. The molecule has 3 N–H and O–H groups in total. The van der Waals surface area contributed by atoms with Crippen LogP contribution in [0.2, 0.25) is 0 Å². The number of ether oxygens (including phenoxy) is 3. The molecule has 22 heteroatoms. The van der Waals surface area contributed by atoms with Gasteiger partial charge in [-0.25, -0.2) is 23.2 Å². The summed E-state index contributed by atoms with van der Waals surface area (Å²) in [5, 5.41) is 4.97. The minimum atomic E-state index is -5.08. The van der Waals surface area contributed by atoms with Crippen molar-refractivity contribution in [3.05, 3.63) is 36.0 Å². The highest BCUT2D eigenvalue weighted by Crippen LogP contribution is 2.57. The number of nitrogens with one attached hydrogen (secondary N) is 3. The summed E-state index contributed by atoms with van der Waals surface area (Å²) in [4.78, 5) is 64.3.